The first-order valence-corrected chi connectivity index (χ1v) is 6.17. The number of benzene rings is 1. The summed E-state index contributed by atoms with van der Waals surface area (Å²) in [6.45, 7) is 0. The van der Waals surface area contributed by atoms with Crippen LogP contribution in [0.15, 0.2) is 34.5 Å². The maximum Gasteiger partial charge on any atom is 0.0825 e. The Bertz CT molecular complexity index is 578. The minimum atomic E-state index is 0.0329. The van der Waals surface area contributed by atoms with Gasteiger partial charge in [-0.05, 0) is 18.2 Å². The first-order chi connectivity index (χ1) is 9.19. The van der Waals surface area contributed by atoms with E-state index in [2.05, 4.69) is 21.5 Å². The van der Waals surface area contributed by atoms with Crippen molar-refractivity contribution in [2.24, 2.45) is 4.99 Å². The van der Waals surface area contributed by atoms with E-state index >= 15 is 0 Å². The summed E-state index contributed by atoms with van der Waals surface area (Å²) in [7, 11) is 3.77. The molecule has 1 heterocycles. The quantitative estimate of drug-likeness (QED) is 0.570. The molecule has 0 aliphatic carbocycles. The fourth-order valence-corrected chi connectivity index (χ4v) is 2.23. The van der Waals surface area contributed by atoms with Crippen molar-refractivity contribution in [2.75, 3.05) is 25.1 Å². The third-order valence-electron chi connectivity index (χ3n) is 3.27. The molecule has 1 aromatic carbocycles. The standard InChI is InChI=1S/C15H18N4/c1-4-10-9-19-15(8-14(10)18-3)12-7-11(16)5-6-13(12)17-2/h1,5-7,9,15,17-18H,8,16H2,2-3H3. The molecule has 0 radical (unpaired) electrons. The highest BCUT2D eigenvalue weighted by Crippen LogP contribution is 2.34. The number of allylic oxidation sites excluding steroid dienone is 1. The van der Waals surface area contributed by atoms with E-state index in [0.29, 0.717) is 0 Å². The lowest BCUT2D eigenvalue weighted by atomic mass is 9.96. The topological polar surface area (TPSA) is 62.4 Å². The molecule has 0 spiro atoms. The molecule has 1 aliphatic heterocycles. The second-order valence-electron chi connectivity index (χ2n) is 4.38. The molecule has 4 N–H and O–H groups in total. The molecule has 0 saturated carbocycles. The maximum absolute atomic E-state index is 5.87. The highest BCUT2D eigenvalue weighted by molar-refractivity contribution is 5.86. The van der Waals surface area contributed by atoms with E-state index in [0.717, 1.165) is 34.6 Å². The fourth-order valence-electron chi connectivity index (χ4n) is 2.23. The van der Waals surface area contributed by atoms with Gasteiger partial charge in [0.15, 0.2) is 0 Å². The van der Waals surface area contributed by atoms with Gasteiger partial charge in [0.25, 0.3) is 0 Å². The minimum absolute atomic E-state index is 0.0329. The van der Waals surface area contributed by atoms with Crippen LogP contribution in [-0.2, 0) is 0 Å². The van der Waals surface area contributed by atoms with Crippen LogP contribution in [0.2, 0.25) is 0 Å². The van der Waals surface area contributed by atoms with Crippen molar-refractivity contribution in [3.63, 3.8) is 0 Å². The summed E-state index contributed by atoms with van der Waals surface area (Å²) in [5.41, 5.74) is 10.6. The number of nitrogen functional groups attached to an aromatic ring is 1. The molecule has 0 amide bonds. The number of nitrogens with two attached hydrogens (primary N) is 1. The number of terminal acetylenes is 1. The lowest BCUT2D eigenvalue weighted by Crippen LogP contribution is -2.17. The van der Waals surface area contributed by atoms with Gasteiger partial charge in [-0.25, -0.2) is 0 Å². The van der Waals surface area contributed by atoms with Gasteiger partial charge < -0.3 is 16.4 Å². The van der Waals surface area contributed by atoms with Crippen molar-refractivity contribution >= 4 is 17.6 Å². The summed E-state index contributed by atoms with van der Waals surface area (Å²) < 4.78 is 0. The molecule has 1 aromatic rings. The molecular weight excluding hydrogens is 236 g/mol. The van der Waals surface area contributed by atoms with Gasteiger partial charge in [0.1, 0.15) is 0 Å². The molecule has 0 fully saturated rings. The van der Waals surface area contributed by atoms with Crippen LogP contribution in [0.25, 0.3) is 0 Å². The Morgan fingerprint density at radius 3 is 2.79 bits per heavy atom. The first-order valence-electron chi connectivity index (χ1n) is 6.17. The average Bonchev–Trinajstić information content (AvgIpc) is 2.46. The largest absolute Gasteiger partial charge is 0.399 e. The zero-order valence-corrected chi connectivity index (χ0v) is 11.2. The molecule has 1 atom stereocenters. The molecule has 0 bridgehead atoms. The number of aliphatic imine (C=N–C) groups is 1. The van der Waals surface area contributed by atoms with E-state index in [1.165, 1.54) is 0 Å². The van der Waals surface area contributed by atoms with Gasteiger partial charge in [-0.2, -0.15) is 0 Å². The van der Waals surface area contributed by atoms with Gasteiger partial charge in [0.05, 0.1) is 11.6 Å². The molecule has 0 aromatic heterocycles. The van der Waals surface area contributed by atoms with E-state index < -0.39 is 0 Å². The first kappa shape index (κ1) is 13.0. The van der Waals surface area contributed by atoms with Crippen LogP contribution in [0, 0.1) is 12.3 Å². The molecular formula is C15H18N4. The molecule has 4 heteroatoms. The van der Waals surface area contributed by atoms with E-state index in [4.69, 9.17) is 12.2 Å². The Labute approximate surface area is 113 Å². The lowest BCUT2D eigenvalue weighted by molar-refractivity contribution is 0.677. The average molecular weight is 254 g/mol. The van der Waals surface area contributed by atoms with Crippen molar-refractivity contribution < 1.29 is 0 Å². The summed E-state index contributed by atoms with van der Waals surface area (Å²) in [6.07, 6.45) is 7.97. The normalized spacial score (nSPS) is 18.1. The van der Waals surface area contributed by atoms with Gasteiger partial charge >= 0.3 is 0 Å². The minimum Gasteiger partial charge on any atom is -0.399 e. The second-order valence-corrected chi connectivity index (χ2v) is 4.38. The van der Waals surface area contributed by atoms with Crippen LogP contribution in [0.5, 0.6) is 0 Å². The van der Waals surface area contributed by atoms with Gasteiger partial charge in [-0.1, -0.05) is 5.92 Å². The van der Waals surface area contributed by atoms with Crippen molar-refractivity contribution in [2.45, 2.75) is 12.5 Å². The summed E-state index contributed by atoms with van der Waals surface area (Å²) in [4.78, 5) is 4.54. The number of rotatable bonds is 3. The van der Waals surface area contributed by atoms with Crippen LogP contribution in [0.3, 0.4) is 0 Å². The van der Waals surface area contributed by atoms with Crippen molar-refractivity contribution in [3.05, 3.63) is 35.0 Å². The molecule has 0 saturated heterocycles. The third kappa shape index (κ3) is 2.55. The Hall–Kier alpha value is -2.41. The molecule has 19 heavy (non-hydrogen) atoms. The molecule has 4 nitrogen and oxygen atoms in total. The van der Waals surface area contributed by atoms with Crippen molar-refractivity contribution in [1.82, 2.24) is 5.32 Å². The SMILES string of the molecule is C#CC1=C(NC)CC(c2cc(N)ccc2NC)N=C1. The van der Waals surface area contributed by atoms with Gasteiger partial charge in [-0.15, -0.1) is 6.42 Å². The fraction of sp³-hybridized carbons (Fsp3) is 0.267. The van der Waals surface area contributed by atoms with Crippen LogP contribution < -0.4 is 16.4 Å². The van der Waals surface area contributed by atoms with Crippen LogP contribution in [0.4, 0.5) is 11.4 Å². The van der Waals surface area contributed by atoms with Crippen LogP contribution in [0.1, 0.15) is 18.0 Å². The van der Waals surface area contributed by atoms with E-state index in [9.17, 15) is 0 Å². The Morgan fingerprint density at radius 1 is 1.37 bits per heavy atom. The predicted octanol–water partition coefficient (Wildman–Crippen LogP) is 1.93. The predicted molar refractivity (Wildman–Crippen MR) is 81.2 cm³/mol. The zero-order chi connectivity index (χ0) is 13.8. The van der Waals surface area contributed by atoms with Crippen molar-refractivity contribution in [1.29, 1.82) is 0 Å². The van der Waals surface area contributed by atoms with Gasteiger partial charge in [0, 0.05) is 49.4 Å². The number of nitrogens with one attached hydrogen (secondary N) is 2. The Kier molecular flexibility index (Phi) is 3.76. The smallest absolute Gasteiger partial charge is 0.0825 e. The molecule has 98 valence electrons. The number of hydrogen-bond donors (Lipinski definition) is 3. The van der Waals surface area contributed by atoms with Gasteiger partial charge in [-0.3, -0.25) is 4.99 Å². The number of hydrogen-bond acceptors (Lipinski definition) is 4. The summed E-state index contributed by atoms with van der Waals surface area (Å²) >= 11 is 0. The van der Waals surface area contributed by atoms with E-state index in [1.807, 2.05) is 32.3 Å². The van der Waals surface area contributed by atoms with Crippen molar-refractivity contribution in [3.8, 4) is 12.3 Å². The van der Waals surface area contributed by atoms with Gasteiger partial charge in [0.2, 0.25) is 0 Å². The second kappa shape index (κ2) is 5.49. The van der Waals surface area contributed by atoms with Crippen LogP contribution in [-0.4, -0.2) is 20.3 Å². The monoisotopic (exact) mass is 254 g/mol. The lowest BCUT2D eigenvalue weighted by Gasteiger charge is -2.22. The number of nitrogens with zero attached hydrogens (tertiary/aromatic N) is 1. The molecule has 1 unspecified atom stereocenters. The highest BCUT2D eigenvalue weighted by Gasteiger charge is 2.20. The molecule has 2 rings (SSSR count). The summed E-state index contributed by atoms with van der Waals surface area (Å²) in [5, 5.41) is 6.32. The summed E-state index contributed by atoms with van der Waals surface area (Å²) in [6, 6.07) is 5.84. The number of dihydropyridines is 1. The number of anilines is 2. The van der Waals surface area contributed by atoms with E-state index in [1.54, 1.807) is 6.21 Å². The maximum atomic E-state index is 5.87. The Balaban J connectivity index is 2.36. The van der Waals surface area contributed by atoms with E-state index in [-0.39, 0.29) is 6.04 Å². The zero-order valence-electron chi connectivity index (χ0n) is 11.2. The van der Waals surface area contributed by atoms with Crippen LogP contribution >= 0.6 is 0 Å². The summed E-state index contributed by atoms with van der Waals surface area (Å²) in [5.74, 6) is 2.64. The molecule has 1 aliphatic rings. The third-order valence-corrected chi connectivity index (χ3v) is 3.27. The Morgan fingerprint density at radius 2 is 2.16 bits per heavy atom. The highest BCUT2D eigenvalue weighted by atomic mass is 14.9.